The Labute approximate surface area is 126 Å². The Morgan fingerprint density at radius 2 is 1.95 bits per heavy atom. The molecule has 1 rings (SSSR count). The van der Waals surface area contributed by atoms with E-state index in [0.717, 1.165) is 12.2 Å². The maximum atomic E-state index is 9.73. The van der Waals surface area contributed by atoms with Crippen LogP contribution in [0.1, 0.15) is 20.3 Å². The van der Waals surface area contributed by atoms with Crippen LogP contribution in [-0.2, 0) is 4.74 Å². The van der Waals surface area contributed by atoms with Crippen LogP contribution < -0.4 is 10.1 Å². The van der Waals surface area contributed by atoms with Gasteiger partial charge in [-0.15, -0.1) is 0 Å². The lowest BCUT2D eigenvalue weighted by molar-refractivity contribution is -0.692. The molecule has 1 aromatic carbocycles. The first kappa shape index (κ1) is 17.2. The Hall–Kier alpha value is -0.810. The van der Waals surface area contributed by atoms with E-state index in [1.165, 1.54) is 0 Å². The van der Waals surface area contributed by atoms with Crippen LogP contribution in [0.5, 0.6) is 5.75 Å². The highest BCUT2D eigenvalue weighted by atomic mass is 35.5. The monoisotopic (exact) mass is 302 g/mol. The summed E-state index contributed by atoms with van der Waals surface area (Å²) in [5, 5.41) is 12.6. The summed E-state index contributed by atoms with van der Waals surface area (Å²) >= 11 is 5.78. The fourth-order valence-corrected chi connectivity index (χ4v) is 1.72. The predicted octanol–water partition coefficient (Wildman–Crippen LogP) is 1.46. The summed E-state index contributed by atoms with van der Waals surface area (Å²) in [6, 6.07) is 7.74. The van der Waals surface area contributed by atoms with E-state index < -0.39 is 6.10 Å². The summed E-state index contributed by atoms with van der Waals surface area (Å²) in [4.78, 5) is 0. The Balaban J connectivity index is 2.02. The van der Waals surface area contributed by atoms with Crippen molar-refractivity contribution in [3.8, 4) is 5.75 Å². The molecule has 2 atom stereocenters. The molecule has 5 heteroatoms. The molecular weight excluding hydrogens is 278 g/mol. The third-order valence-corrected chi connectivity index (χ3v) is 3.33. The van der Waals surface area contributed by atoms with Crippen LogP contribution in [-0.4, -0.2) is 43.6 Å². The largest absolute Gasteiger partial charge is 0.491 e. The van der Waals surface area contributed by atoms with Gasteiger partial charge in [-0.2, -0.15) is 0 Å². The third kappa shape index (κ3) is 7.70. The highest BCUT2D eigenvalue weighted by Crippen LogP contribution is 2.15. The number of aliphatic hydroxyl groups excluding tert-OH is 1. The number of ether oxygens (including phenoxy) is 2. The van der Waals surface area contributed by atoms with Crippen LogP contribution in [0.25, 0.3) is 0 Å². The second-order valence-corrected chi connectivity index (χ2v) is 5.32. The van der Waals surface area contributed by atoms with Crippen molar-refractivity contribution in [3.63, 3.8) is 0 Å². The van der Waals surface area contributed by atoms with Gasteiger partial charge in [0.1, 0.15) is 25.0 Å². The molecule has 0 fully saturated rings. The van der Waals surface area contributed by atoms with Crippen LogP contribution in [0.15, 0.2) is 24.3 Å². The van der Waals surface area contributed by atoms with Crippen molar-refractivity contribution in [1.82, 2.24) is 0 Å². The van der Waals surface area contributed by atoms with Gasteiger partial charge in [0.2, 0.25) is 0 Å². The lowest BCUT2D eigenvalue weighted by atomic mass is 10.2. The molecule has 0 amide bonds. The van der Waals surface area contributed by atoms with Crippen molar-refractivity contribution in [1.29, 1.82) is 0 Å². The zero-order chi connectivity index (χ0) is 14.8. The molecule has 0 saturated heterocycles. The first-order chi connectivity index (χ1) is 9.61. The van der Waals surface area contributed by atoms with Gasteiger partial charge in [-0.05, 0) is 37.6 Å². The second kappa shape index (κ2) is 10.00. The molecule has 3 N–H and O–H groups in total. The summed E-state index contributed by atoms with van der Waals surface area (Å²) in [5.41, 5.74) is 0. The number of halogens is 1. The minimum absolute atomic E-state index is 0.344. The normalized spacial score (nSPS) is 14.0. The van der Waals surface area contributed by atoms with Gasteiger partial charge in [0.25, 0.3) is 0 Å². The average molecular weight is 303 g/mol. The van der Waals surface area contributed by atoms with E-state index in [1.807, 2.05) is 12.1 Å². The minimum atomic E-state index is -0.431. The Kier molecular flexibility index (Phi) is 8.62. The van der Waals surface area contributed by atoms with Gasteiger partial charge in [0.05, 0.1) is 19.3 Å². The molecule has 0 heterocycles. The quantitative estimate of drug-likeness (QED) is 0.643. The van der Waals surface area contributed by atoms with E-state index in [9.17, 15) is 5.11 Å². The molecule has 4 nitrogen and oxygen atoms in total. The molecule has 0 aliphatic carbocycles. The summed E-state index contributed by atoms with van der Waals surface area (Å²) in [7, 11) is 0. The van der Waals surface area contributed by atoms with Crippen LogP contribution in [0, 0.1) is 0 Å². The lowest BCUT2D eigenvalue weighted by Crippen LogP contribution is -2.91. The third-order valence-electron chi connectivity index (χ3n) is 3.07. The summed E-state index contributed by atoms with van der Waals surface area (Å²) in [6.45, 7) is 6.22. The lowest BCUT2D eigenvalue weighted by Gasteiger charge is -2.13. The Morgan fingerprint density at radius 3 is 2.60 bits per heavy atom. The first-order valence-corrected chi connectivity index (χ1v) is 7.47. The van der Waals surface area contributed by atoms with Crippen molar-refractivity contribution >= 4 is 11.6 Å². The fourth-order valence-electron chi connectivity index (χ4n) is 1.59. The Bertz CT molecular complexity index is 359. The zero-order valence-electron chi connectivity index (χ0n) is 12.2. The van der Waals surface area contributed by atoms with Crippen LogP contribution in [0.3, 0.4) is 0 Å². The maximum absolute atomic E-state index is 9.73. The van der Waals surface area contributed by atoms with Gasteiger partial charge in [-0.1, -0.05) is 18.5 Å². The van der Waals surface area contributed by atoms with Crippen molar-refractivity contribution in [2.24, 2.45) is 0 Å². The van der Waals surface area contributed by atoms with Crippen molar-refractivity contribution in [2.75, 3.05) is 26.4 Å². The number of hydrogen-bond acceptors (Lipinski definition) is 3. The van der Waals surface area contributed by atoms with E-state index in [1.54, 1.807) is 12.1 Å². The topological polar surface area (TPSA) is 55.3 Å². The molecule has 0 aliphatic rings. The number of aliphatic hydroxyl groups is 1. The average Bonchev–Trinajstić information content (AvgIpc) is 2.46. The zero-order valence-corrected chi connectivity index (χ0v) is 13.0. The standard InChI is InChI=1S/C15H24ClNO3/c1-3-12(2)17-10-14(18)11-19-8-9-20-15-6-4-13(16)5-7-15/h4-7,12,14,17-18H,3,8-11H2,1-2H3/p+1/t12-,14-/m0/s1. The molecule has 0 aliphatic heterocycles. The molecule has 0 unspecified atom stereocenters. The van der Waals surface area contributed by atoms with Crippen LogP contribution in [0.4, 0.5) is 0 Å². The van der Waals surface area contributed by atoms with E-state index in [2.05, 4.69) is 19.2 Å². The van der Waals surface area contributed by atoms with Crippen molar-refractivity contribution in [3.05, 3.63) is 29.3 Å². The first-order valence-electron chi connectivity index (χ1n) is 7.09. The maximum Gasteiger partial charge on any atom is 0.126 e. The molecule has 0 spiro atoms. The van der Waals surface area contributed by atoms with E-state index in [-0.39, 0.29) is 0 Å². The molecule has 0 bridgehead atoms. The van der Waals surface area contributed by atoms with E-state index >= 15 is 0 Å². The molecule has 0 saturated carbocycles. The van der Waals surface area contributed by atoms with Gasteiger partial charge in [-0.3, -0.25) is 0 Å². The SMILES string of the molecule is CC[C@H](C)[NH2+]C[C@H](O)COCCOc1ccc(Cl)cc1. The highest BCUT2D eigenvalue weighted by Gasteiger charge is 2.09. The van der Waals surface area contributed by atoms with Crippen molar-refractivity contribution < 1.29 is 19.9 Å². The van der Waals surface area contributed by atoms with Gasteiger partial charge >= 0.3 is 0 Å². The molecule has 1 aromatic rings. The molecule has 0 aromatic heterocycles. The van der Waals surface area contributed by atoms with E-state index in [0.29, 0.717) is 37.4 Å². The number of hydrogen-bond donors (Lipinski definition) is 2. The van der Waals surface area contributed by atoms with Crippen LogP contribution >= 0.6 is 11.6 Å². The Morgan fingerprint density at radius 1 is 1.25 bits per heavy atom. The number of quaternary nitrogens is 1. The molecule has 0 radical (unpaired) electrons. The van der Waals surface area contributed by atoms with Crippen molar-refractivity contribution in [2.45, 2.75) is 32.4 Å². The second-order valence-electron chi connectivity index (χ2n) is 4.89. The molecular formula is C15H25ClNO3+. The summed E-state index contributed by atoms with van der Waals surface area (Å²) in [5.74, 6) is 0.767. The summed E-state index contributed by atoms with van der Waals surface area (Å²) in [6.07, 6.45) is 0.669. The summed E-state index contributed by atoms with van der Waals surface area (Å²) < 4.78 is 10.9. The van der Waals surface area contributed by atoms with Gasteiger partial charge in [-0.25, -0.2) is 0 Å². The van der Waals surface area contributed by atoms with E-state index in [4.69, 9.17) is 21.1 Å². The fraction of sp³-hybridized carbons (Fsp3) is 0.600. The number of benzene rings is 1. The molecule has 114 valence electrons. The predicted molar refractivity (Wildman–Crippen MR) is 80.3 cm³/mol. The van der Waals surface area contributed by atoms with Crippen LogP contribution in [0.2, 0.25) is 5.02 Å². The van der Waals surface area contributed by atoms with Gasteiger partial charge in [0.15, 0.2) is 0 Å². The minimum Gasteiger partial charge on any atom is -0.491 e. The highest BCUT2D eigenvalue weighted by molar-refractivity contribution is 6.30. The molecule has 20 heavy (non-hydrogen) atoms. The number of rotatable bonds is 10. The number of nitrogens with two attached hydrogens (primary N) is 1. The smallest absolute Gasteiger partial charge is 0.126 e. The van der Waals surface area contributed by atoms with Gasteiger partial charge < -0.3 is 19.9 Å². The van der Waals surface area contributed by atoms with Gasteiger partial charge in [0, 0.05) is 5.02 Å².